The second-order valence-electron chi connectivity index (χ2n) is 9.68. The Morgan fingerprint density at radius 2 is 1.86 bits per heavy atom. The smallest absolute Gasteiger partial charge is 0.282 e. The number of H-pyrrole nitrogens is 1. The van der Waals surface area contributed by atoms with E-state index in [1.165, 1.54) is 54.9 Å². The molecule has 44 heavy (non-hydrogen) atoms. The van der Waals surface area contributed by atoms with Crippen LogP contribution in [0.2, 0.25) is 0 Å². The van der Waals surface area contributed by atoms with Gasteiger partial charge in [-0.2, -0.15) is 14.9 Å². The Labute approximate surface area is 247 Å². The van der Waals surface area contributed by atoms with Crippen molar-refractivity contribution in [2.45, 2.75) is 12.5 Å². The molecule has 6 aromatic rings. The third kappa shape index (κ3) is 5.76. The Morgan fingerprint density at radius 3 is 2.61 bits per heavy atom. The summed E-state index contributed by atoms with van der Waals surface area (Å²) in [6, 6.07) is 15.0. The molecule has 0 saturated carbocycles. The number of nitrogens with zero attached hydrogens (tertiary/aromatic N) is 5. The van der Waals surface area contributed by atoms with Crippen molar-refractivity contribution in [2.75, 3.05) is 11.9 Å². The Morgan fingerprint density at radius 1 is 1.02 bits per heavy atom. The second kappa shape index (κ2) is 12.2. The van der Waals surface area contributed by atoms with Gasteiger partial charge in [0.05, 0.1) is 23.9 Å². The fourth-order valence-electron chi connectivity index (χ4n) is 4.62. The average Bonchev–Trinajstić information content (AvgIpc) is 3.46. The van der Waals surface area contributed by atoms with Gasteiger partial charge in [-0.3, -0.25) is 19.7 Å². The highest BCUT2D eigenvalue weighted by atomic mass is 19.1. The summed E-state index contributed by atoms with van der Waals surface area (Å²) in [7, 11) is 0. The van der Waals surface area contributed by atoms with Gasteiger partial charge >= 0.3 is 0 Å². The van der Waals surface area contributed by atoms with Gasteiger partial charge in [-0.05, 0) is 59.7 Å². The quantitative estimate of drug-likeness (QED) is 0.194. The average molecular weight is 596 g/mol. The lowest BCUT2D eigenvalue weighted by molar-refractivity contribution is 0.0991. The zero-order valence-electron chi connectivity index (χ0n) is 22.8. The van der Waals surface area contributed by atoms with Crippen LogP contribution in [0.5, 0.6) is 11.5 Å². The van der Waals surface area contributed by atoms with Crippen molar-refractivity contribution < 1.29 is 23.4 Å². The Hall–Kier alpha value is -5.82. The van der Waals surface area contributed by atoms with E-state index in [0.29, 0.717) is 28.1 Å². The molecule has 3 N–H and O–H groups in total. The van der Waals surface area contributed by atoms with E-state index < -0.39 is 29.0 Å². The lowest BCUT2D eigenvalue weighted by atomic mass is 10.0. The molecule has 6 rings (SSSR count). The number of nitrogens with one attached hydrogen (secondary N) is 2. The minimum atomic E-state index is -0.736. The van der Waals surface area contributed by atoms with E-state index in [1.54, 1.807) is 24.5 Å². The molecular formula is C31H23F2N7O4. The zero-order chi connectivity index (χ0) is 30.6. The van der Waals surface area contributed by atoms with Crippen LogP contribution in [0.1, 0.15) is 27.5 Å². The molecule has 0 bridgehead atoms. The van der Waals surface area contributed by atoms with Crippen molar-refractivity contribution >= 4 is 22.6 Å². The fourth-order valence-corrected chi connectivity index (χ4v) is 4.62. The van der Waals surface area contributed by atoms with E-state index in [9.17, 15) is 19.1 Å². The monoisotopic (exact) mass is 595 g/mol. The van der Waals surface area contributed by atoms with Crippen LogP contribution in [0.15, 0.2) is 96.3 Å². The van der Waals surface area contributed by atoms with E-state index in [-0.39, 0.29) is 30.1 Å². The number of hydrogen-bond acceptors (Lipinski definition) is 9. The molecule has 11 nitrogen and oxygen atoms in total. The minimum absolute atomic E-state index is 0.116. The third-order valence-electron chi connectivity index (χ3n) is 6.80. The largest absolute Gasteiger partial charge is 0.453 e. The first-order valence-electron chi connectivity index (χ1n) is 13.4. The third-order valence-corrected chi connectivity index (χ3v) is 6.80. The summed E-state index contributed by atoms with van der Waals surface area (Å²) >= 11 is 0. The second-order valence-corrected chi connectivity index (χ2v) is 9.68. The Balaban J connectivity index is 1.22. The van der Waals surface area contributed by atoms with Crippen LogP contribution in [-0.4, -0.2) is 47.4 Å². The van der Waals surface area contributed by atoms with Gasteiger partial charge < -0.3 is 15.2 Å². The molecule has 1 unspecified atom stereocenters. The lowest BCUT2D eigenvalue weighted by Gasteiger charge is -2.16. The summed E-state index contributed by atoms with van der Waals surface area (Å²) in [4.78, 5) is 34.3. The molecule has 0 spiro atoms. The molecule has 0 saturated heterocycles. The molecule has 0 amide bonds. The SMILES string of the molecule is O=C(Cc1ccc(Oc2ccnc3[nH]nc(NC(CO)c4cccnc4)c23)c(F)c1)c1ccnn(-c2ccc(F)cc2)c1=O. The van der Waals surface area contributed by atoms with Crippen LogP contribution in [0.3, 0.4) is 0 Å². The van der Waals surface area contributed by atoms with Gasteiger partial charge in [0.2, 0.25) is 0 Å². The van der Waals surface area contributed by atoms with Gasteiger partial charge in [-0.25, -0.2) is 13.8 Å². The number of aromatic amines is 1. The van der Waals surface area contributed by atoms with Crippen molar-refractivity contribution in [3.8, 4) is 17.2 Å². The summed E-state index contributed by atoms with van der Waals surface area (Å²) in [5, 5.41) is 24.6. The number of ketones is 1. The number of benzene rings is 2. The summed E-state index contributed by atoms with van der Waals surface area (Å²) in [5.41, 5.74) is 0.898. The molecule has 0 fully saturated rings. The number of fused-ring (bicyclic) bond motifs is 1. The summed E-state index contributed by atoms with van der Waals surface area (Å²) in [6.07, 6.45) is 5.76. The zero-order valence-corrected chi connectivity index (χ0v) is 22.8. The number of aliphatic hydroxyl groups is 1. The minimum Gasteiger partial charge on any atom is -0.453 e. The number of pyridine rings is 2. The van der Waals surface area contributed by atoms with Crippen LogP contribution in [0.25, 0.3) is 16.7 Å². The molecule has 13 heteroatoms. The molecule has 4 aromatic heterocycles. The molecule has 1 atom stereocenters. The maximum absolute atomic E-state index is 15.3. The molecule has 0 aliphatic rings. The van der Waals surface area contributed by atoms with Gasteiger partial charge in [0.25, 0.3) is 5.56 Å². The standard InChI is InChI=1S/C31H23F2N7O4/c32-20-4-6-21(7-5-20)40-31(43)22(9-13-36-40)25(42)15-18-3-8-26(23(33)14-18)44-27-10-12-35-29-28(27)30(39-38-29)37-24(17-41)19-2-1-11-34-16-19/h1-14,16,24,41H,15,17H2,(H2,35,37,38,39). The van der Waals surface area contributed by atoms with Crippen LogP contribution in [0.4, 0.5) is 14.6 Å². The molecule has 4 heterocycles. The highest BCUT2D eigenvalue weighted by Gasteiger charge is 2.20. The first-order valence-corrected chi connectivity index (χ1v) is 13.4. The molecule has 0 aliphatic heterocycles. The van der Waals surface area contributed by atoms with Crippen molar-refractivity contribution in [2.24, 2.45) is 0 Å². The molecule has 2 aromatic carbocycles. The first kappa shape index (κ1) is 28.3. The maximum Gasteiger partial charge on any atom is 0.282 e. The van der Waals surface area contributed by atoms with E-state index >= 15 is 4.39 Å². The number of anilines is 1. The molecular weight excluding hydrogens is 572 g/mol. The number of carbonyl (C=O) groups is 1. The maximum atomic E-state index is 15.3. The van der Waals surface area contributed by atoms with E-state index in [0.717, 1.165) is 16.3 Å². The van der Waals surface area contributed by atoms with Gasteiger partial charge in [-0.15, -0.1) is 0 Å². The normalized spacial score (nSPS) is 11.8. The van der Waals surface area contributed by atoms with Crippen molar-refractivity contribution in [1.82, 2.24) is 29.9 Å². The number of aliphatic hydroxyl groups excluding tert-OH is 1. The first-order chi connectivity index (χ1) is 21.4. The van der Waals surface area contributed by atoms with Crippen LogP contribution < -0.4 is 15.6 Å². The van der Waals surface area contributed by atoms with Gasteiger partial charge in [0, 0.05) is 37.3 Å². The topological polar surface area (TPSA) is 148 Å². The molecule has 0 aliphatic carbocycles. The predicted octanol–water partition coefficient (Wildman–Crippen LogP) is 4.54. The van der Waals surface area contributed by atoms with E-state index in [2.05, 4.69) is 30.6 Å². The summed E-state index contributed by atoms with van der Waals surface area (Å²) in [6.45, 7) is -0.245. The van der Waals surface area contributed by atoms with E-state index in [1.807, 2.05) is 6.07 Å². The van der Waals surface area contributed by atoms with Gasteiger partial charge in [0.15, 0.2) is 28.8 Å². The highest BCUT2D eigenvalue weighted by molar-refractivity contribution is 5.97. The van der Waals surface area contributed by atoms with Crippen LogP contribution in [0, 0.1) is 11.6 Å². The molecule has 0 radical (unpaired) electrons. The Kier molecular flexibility index (Phi) is 7.84. The number of ether oxygens (including phenoxy) is 1. The van der Waals surface area contributed by atoms with Crippen molar-refractivity contribution in [1.29, 1.82) is 0 Å². The number of hydrogen-bond donors (Lipinski definition) is 3. The van der Waals surface area contributed by atoms with Crippen molar-refractivity contribution in [3.05, 3.63) is 130 Å². The van der Waals surface area contributed by atoms with Crippen LogP contribution >= 0.6 is 0 Å². The molecule has 220 valence electrons. The fraction of sp³-hybridized carbons (Fsp3) is 0.0968. The van der Waals surface area contributed by atoms with E-state index in [4.69, 9.17) is 4.74 Å². The predicted molar refractivity (Wildman–Crippen MR) is 156 cm³/mol. The number of carbonyl (C=O) groups excluding carboxylic acids is 1. The van der Waals surface area contributed by atoms with Gasteiger partial charge in [-0.1, -0.05) is 12.1 Å². The van der Waals surface area contributed by atoms with Crippen molar-refractivity contribution in [3.63, 3.8) is 0 Å². The number of halogens is 2. The number of aromatic nitrogens is 6. The summed E-state index contributed by atoms with van der Waals surface area (Å²) < 4.78 is 35.5. The summed E-state index contributed by atoms with van der Waals surface area (Å²) in [5.74, 6) is -1.30. The lowest BCUT2D eigenvalue weighted by Crippen LogP contribution is -2.27. The highest BCUT2D eigenvalue weighted by Crippen LogP contribution is 2.35. The van der Waals surface area contributed by atoms with Gasteiger partial charge in [0.1, 0.15) is 17.0 Å². The van der Waals surface area contributed by atoms with Crippen LogP contribution in [-0.2, 0) is 6.42 Å². The number of rotatable bonds is 10. The Bertz CT molecular complexity index is 2010. The number of Topliss-reactive ketones (excluding diaryl/α,β-unsaturated/α-hetero) is 1.